The summed E-state index contributed by atoms with van der Waals surface area (Å²) >= 11 is 12.1. The fourth-order valence-electron chi connectivity index (χ4n) is 2.73. The molecule has 156 valence electrons. The van der Waals surface area contributed by atoms with E-state index in [1.165, 1.54) is 16.4 Å². The molecule has 2 rings (SSSR count). The maximum absolute atomic E-state index is 12.8. The first kappa shape index (κ1) is 22.9. The zero-order valence-corrected chi connectivity index (χ0v) is 18.3. The predicted molar refractivity (Wildman–Crippen MR) is 108 cm³/mol. The molecule has 1 fully saturated rings. The SMILES string of the molecule is CC(C)(C)NC(=O)NC(=O)CN1CCN(S(=O)(=O)c2c(Cl)cccc2Cl)CC1. The van der Waals surface area contributed by atoms with Crippen LogP contribution in [-0.2, 0) is 14.8 Å². The second kappa shape index (κ2) is 8.96. The molecule has 1 saturated heterocycles. The van der Waals surface area contributed by atoms with Crippen molar-refractivity contribution >= 4 is 45.2 Å². The lowest BCUT2D eigenvalue weighted by Crippen LogP contribution is -2.53. The Kier molecular flexibility index (Phi) is 7.33. The summed E-state index contributed by atoms with van der Waals surface area (Å²) in [6.45, 7) is 6.48. The van der Waals surface area contributed by atoms with Crippen LogP contribution in [-0.4, -0.2) is 67.8 Å². The summed E-state index contributed by atoms with van der Waals surface area (Å²) in [5.74, 6) is -0.452. The smallest absolute Gasteiger partial charge is 0.321 e. The average Bonchev–Trinajstić information content (AvgIpc) is 2.52. The van der Waals surface area contributed by atoms with Crippen LogP contribution in [0.15, 0.2) is 23.1 Å². The first-order valence-electron chi connectivity index (χ1n) is 8.68. The second-order valence-electron chi connectivity index (χ2n) is 7.48. The second-order valence-corrected chi connectivity index (χ2v) is 10.2. The van der Waals surface area contributed by atoms with Crippen LogP contribution in [0.3, 0.4) is 0 Å². The molecule has 1 aromatic rings. The number of hydrogen-bond acceptors (Lipinski definition) is 5. The van der Waals surface area contributed by atoms with Gasteiger partial charge in [-0.25, -0.2) is 13.2 Å². The van der Waals surface area contributed by atoms with Crippen LogP contribution in [0.5, 0.6) is 0 Å². The van der Waals surface area contributed by atoms with Gasteiger partial charge in [-0.2, -0.15) is 4.31 Å². The monoisotopic (exact) mass is 450 g/mol. The van der Waals surface area contributed by atoms with E-state index >= 15 is 0 Å². The Bertz CT molecular complexity index is 827. The number of sulfonamides is 1. The van der Waals surface area contributed by atoms with Gasteiger partial charge in [-0.1, -0.05) is 29.3 Å². The summed E-state index contributed by atoms with van der Waals surface area (Å²) in [6, 6.07) is 3.97. The number of imide groups is 1. The first-order valence-corrected chi connectivity index (χ1v) is 10.9. The number of hydrogen-bond donors (Lipinski definition) is 2. The van der Waals surface area contributed by atoms with Crippen molar-refractivity contribution in [2.45, 2.75) is 31.2 Å². The van der Waals surface area contributed by atoms with Crippen molar-refractivity contribution in [2.75, 3.05) is 32.7 Å². The van der Waals surface area contributed by atoms with E-state index in [1.54, 1.807) is 11.0 Å². The minimum Gasteiger partial charge on any atom is -0.333 e. The summed E-state index contributed by atoms with van der Waals surface area (Å²) in [6.07, 6.45) is 0. The molecule has 0 unspecified atom stereocenters. The van der Waals surface area contributed by atoms with Crippen LogP contribution in [0.2, 0.25) is 10.0 Å². The van der Waals surface area contributed by atoms with E-state index in [4.69, 9.17) is 23.2 Å². The molecule has 1 aliphatic heterocycles. The van der Waals surface area contributed by atoms with Gasteiger partial charge in [0.2, 0.25) is 15.9 Å². The fourth-order valence-corrected chi connectivity index (χ4v) is 5.24. The number of piperazine rings is 1. The number of urea groups is 1. The Hall–Kier alpha value is -1.39. The van der Waals surface area contributed by atoms with Gasteiger partial charge >= 0.3 is 6.03 Å². The molecule has 28 heavy (non-hydrogen) atoms. The van der Waals surface area contributed by atoms with Gasteiger partial charge in [-0.15, -0.1) is 0 Å². The Balaban J connectivity index is 1.92. The quantitative estimate of drug-likeness (QED) is 0.729. The highest BCUT2D eigenvalue weighted by Gasteiger charge is 2.32. The molecule has 0 spiro atoms. The lowest BCUT2D eigenvalue weighted by Gasteiger charge is -2.33. The van der Waals surface area contributed by atoms with Crippen LogP contribution in [0.4, 0.5) is 4.79 Å². The summed E-state index contributed by atoms with van der Waals surface area (Å²) in [7, 11) is -3.84. The van der Waals surface area contributed by atoms with E-state index in [0.717, 1.165) is 0 Å². The molecule has 1 aliphatic rings. The van der Waals surface area contributed by atoms with Crippen LogP contribution >= 0.6 is 23.2 Å². The number of halogens is 2. The zero-order valence-electron chi connectivity index (χ0n) is 16.0. The molecule has 11 heteroatoms. The molecule has 0 aromatic heterocycles. The molecule has 1 heterocycles. The molecule has 0 bridgehead atoms. The Morgan fingerprint density at radius 2 is 1.61 bits per heavy atom. The normalized spacial score (nSPS) is 16.6. The van der Waals surface area contributed by atoms with Crippen LogP contribution in [0.25, 0.3) is 0 Å². The standard InChI is InChI=1S/C17H24Cl2N4O4S/c1-17(2,3)21-16(25)20-14(24)11-22-7-9-23(10-8-22)28(26,27)15-12(18)5-4-6-13(15)19/h4-6H,7-11H2,1-3H3,(H2,20,21,24,25). The molecule has 0 saturated carbocycles. The van der Waals surface area contributed by atoms with E-state index in [1.807, 2.05) is 20.8 Å². The average molecular weight is 451 g/mol. The Morgan fingerprint density at radius 1 is 1.07 bits per heavy atom. The molecular formula is C17H24Cl2N4O4S. The molecule has 0 atom stereocenters. The molecule has 0 radical (unpaired) electrons. The van der Waals surface area contributed by atoms with Crippen molar-refractivity contribution in [1.29, 1.82) is 0 Å². The van der Waals surface area contributed by atoms with Crippen LogP contribution in [0.1, 0.15) is 20.8 Å². The van der Waals surface area contributed by atoms with E-state index in [0.29, 0.717) is 13.1 Å². The van der Waals surface area contributed by atoms with Gasteiger partial charge in [0.05, 0.1) is 16.6 Å². The molecule has 2 N–H and O–H groups in total. The van der Waals surface area contributed by atoms with Crippen LogP contribution in [0, 0.1) is 0 Å². The lowest BCUT2D eigenvalue weighted by atomic mass is 10.1. The number of benzene rings is 1. The van der Waals surface area contributed by atoms with Crippen molar-refractivity contribution in [3.8, 4) is 0 Å². The molecule has 1 aromatic carbocycles. The minimum atomic E-state index is -3.84. The Labute approximate surface area is 175 Å². The maximum Gasteiger partial charge on any atom is 0.321 e. The van der Waals surface area contributed by atoms with Gasteiger partial charge in [-0.05, 0) is 32.9 Å². The summed E-state index contributed by atoms with van der Waals surface area (Å²) in [5.41, 5.74) is -0.454. The molecular weight excluding hydrogens is 427 g/mol. The maximum atomic E-state index is 12.8. The van der Waals surface area contributed by atoms with Crippen molar-refractivity contribution in [3.05, 3.63) is 28.2 Å². The van der Waals surface area contributed by atoms with E-state index < -0.39 is 27.5 Å². The summed E-state index contributed by atoms with van der Waals surface area (Å²) in [4.78, 5) is 25.4. The molecule has 3 amide bonds. The fraction of sp³-hybridized carbons (Fsp3) is 0.529. The van der Waals surface area contributed by atoms with Gasteiger partial charge in [0.25, 0.3) is 0 Å². The third kappa shape index (κ3) is 6.05. The minimum absolute atomic E-state index is 0.00169. The van der Waals surface area contributed by atoms with Gasteiger partial charge in [0, 0.05) is 31.7 Å². The van der Waals surface area contributed by atoms with E-state index in [-0.39, 0.29) is 34.6 Å². The highest BCUT2D eigenvalue weighted by molar-refractivity contribution is 7.89. The lowest BCUT2D eigenvalue weighted by molar-refractivity contribution is -0.121. The third-order valence-electron chi connectivity index (χ3n) is 3.96. The van der Waals surface area contributed by atoms with Gasteiger partial charge in [-0.3, -0.25) is 15.0 Å². The van der Waals surface area contributed by atoms with Crippen LogP contribution < -0.4 is 10.6 Å². The number of amides is 3. The highest BCUT2D eigenvalue weighted by Crippen LogP contribution is 2.31. The van der Waals surface area contributed by atoms with E-state index in [9.17, 15) is 18.0 Å². The largest absolute Gasteiger partial charge is 0.333 e. The first-order chi connectivity index (χ1) is 12.9. The van der Waals surface area contributed by atoms with Gasteiger partial charge < -0.3 is 5.32 Å². The van der Waals surface area contributed by atoms with Crippen molar-refractivity contribution in [1.82, 2.24) is 19.8 Å². The topological polar surface area (TPSA) is 98.8 Å². The van der Waals surface area contributed by atoms with E-state index in [2.05, 4.69) is 10.6 Å². The number of nitrogens with zero attached hydrogens (tertiary/aromatic N) is 2. The van der Waals surface area contributed by atoms with Gasteiger partial charge in [0.1, 0.15) is 4.90 Å². The number of carbonyl (C=O) groups is 2. The summed E-state index contributed by atoms with van der Waals surface area (Å²) in [5, 5.41) is 5.05. The predicted octanol–water partition coefficient (Wildman–Crippen LogP) is 1.92. The Morgan fingerprint density at radius 3 is 2.11 bits per heavy atom. The number of rotatable bonds is 4. The summed E-state index contributed by atoms with van der Waals surface area (Å²) < 4.78 is 27.0. The zero-order chi connectivity index (χ0) is 21.1. The molecule has 0 aliphatic carbocycles. The highest BCUT2D eigenvalue weighted by atomic mass is 35.5. The van der Waals surface area contributed by atoms with Crippen molar-refractivity contribution in [3.63, 3.8) is 0 Å². The third-order valence-corrected chi connectivity index (χ3v) is 6.81. The van der Waals surface area contributed by atoms with Crippen molar-refractivity contribution in [2.24, 2.45) is 0 Å². The van der Waals surface area contributed by atoms with Crippen molar-refractivity contribution < 1.29 is 18.0 Å². The number of nitrogens with one attached hydrogen (secondary N) is 2. The van der Waals surface area contributed by atoms with Gasteiger partial charge in [0.15, 0.2) is 0 Å². The number of carbonyl (C=O) groups excluding carboxylic acids is 2. The molecule has 8 nitrogen and oxygen atoms in total.